The molecule has 2 aliphatic carbocycles. The summed E-state index contributed by atoms with van der Waals surface area (Å²) in [5, 5.41) is 20.6. The van der Waals surface area contributed by atoms with Crippen LogP contribution in [0.5, 0.6) is 0 Å². The van der Waals surface area contributed by atoms with Crippen molar-refractivity contribution in [1.82, 2.24) is 20.7 Å². The van der Waals surface area contributed by atoms with Gasteiger partial charge in [-0.2, -0.15) is 0 Å². The maximum atomic E-state index is 13.4. The van der Waals surface area contributed by atoms with Crippen LogP contribution >= 0.6 is 0 Å². The predicted molar refractivity (Wildman–Crippen MR) is 139 cm³/mol. The average molecular weight is 547 g/mol. The first-order valence-electron chi connectivity index (χ1n) is 14.2. The molecule has 2 saturated heterocycles. The minimum atomic E-state index is -0.553. The molecule has 0 unspecified atom stereocenters. The van der Waals surface area contributed by atoms with E-state index in [2.05, 4.69) is 29.6 Å². The Morgan fingerprint density at radius 1 is 1.18 bits per heavy atom. The fourth-order valence-corrected chi connectivity index (χ4v) is 7.84. The van der Waals surface area contributed by atoms with Gasteiger partial charge in [-0.3, -0.25) is 14.4 Å². The van der Waals surface area contributed by atoms with Crippen LogP contribution in [-0.2, 0) is 19.1 Å². The van der Waals surface area contributed by atoms with E-state index in [-0.39, 0.29) is 64.8 Å². The van der Waals surface area contributed by atoms with Gasteiger partial charge in [0.25, 0.3) is 5.91 Å². The summed E-state index contributed by atoms with van der Waals surface area (Å²) in [7, 11) is 0. The Bertz CT molecular complexity index is 1090. The number of hydrogen-bond donors (Lipinski definition) is 3. The maximum absolute atomic E-state index is 13.4. The van der Waals surface area contributed by atoms with Crippen LogP contribution < -0.4 is 10.6 Å². The van der Waals surface area contributed by atoms with Crippen LogP contribution in [0.4, 0.5) is 0 Å². The monoisotopic (exact) mass is 546 g/mol. The molecule has 4 fully saturated rings. The summed E-state index contributed by atoms with van der Waals surface area (Å²) in [6.07, 6.45) is 3.08. The van der Waals surface area contributed by atoms with Crippen LogP contribution in [0.1, 0.15) is 75.5 Å². The average Bonchev–Trinajstić information content (AvgIpc) is 3.53. The molecule has 1 aromatic rings. The lowest BCUT2D eigenvalue weighted by molar-refractivity contribution is -0.306. The summed E-state index contributed by atoms with van der Waals surface area (Å²) in [6.45, 7) is 9.52. The van der Waals surface area contributed by atoms with Gasteiger partial charge in [0, 0.05) is 44.0 Å². The second kappa shape index (κ2) is 10.8. The molecule has 0 radical (unpaired) electrons. The highest BCUT2D eigenvalue weighted by Crippen LogP contribution is 2.62. The third-order valence-electron chi connectivity index (χ3n) is 9.86. The molecular weight excluding hydrogens is 504 g/mol. The molecule has 11 nitrogen and oxygen atoms in total. The number of fused-ring (bicyclic) bond motifs is 3. The Balaban J connectivity index is 1.21. The summed E-state index contributed by atoms with van der Waals surface area (Å²) in [5.74, 6) is 0.283. The molecule has 0 bridgehead atoms. The second-order valence-corrected chi connectivity index (χ2v) is 12.5. The third kappa shape index (κ3) is 5.45. The molecule has 39 heavy (non-hydrogen) atoms. The number of amides is 3. The molecule has 5 rings (SSSR count). The molecule has 2 saturated carbocycles. The fraction of sp³-hybridized carbons (Fsp3) is 0.786. The van der Waals surface area contributed by atoms with Crippen molar-refractivity contribution in [3.05, 3.63) is 17.5 Å². The molecule has 3 heterocycles. The van der Waals surface area contributed by atoms with Gasteiger partial charge >= 0.3 is 0 Å². The van der Waals surface area contributed by atoms with Gasteiger partial charge < -0.3 is 34.6 Å². The van der Waals surface area contributed by atoms with Crippen molar-refractivity contribution >= 4 is 17.7 Å². The maximum Gasteiger partial charge on any atom is 0.273 e. The van der Waals surface area contributed by atoms with Crippen molar-refractivity contribution in [3.63, 3.8) is 0 Å². The number of rotatable bonds is 6. The lowest BCUT2D eigenvalue weighted by Gasteiger charge is -2.63. The smallest absolute Gasteiger partial charge is 0.273 e. The van der Waals surface area contributed by atoms with Gasteiger partial charge in [-0.25, -0.2) is 0 Å². The van der Waals surface area contributed by atoms with Crippen LogP contribution in [0, 0.1) is 29.6 Å². The van der Waals surface area contributed by atoms with Crippen molar-refractivity contribution in [3.8, 4) is 0 Å². The standard InChI is InChI=1S/C28H42N4O7/c1-16-11-20(31-39-16)26(36)29-13-25-37-15-28(4)22-6-5-21(34)19(27(22,3)9-7-23(28)38-25)12-24(35)32-10-8-18(14-32)30-17(2)33/h11,18-19,21-23,25,34H,5-10,12-15H2,1-4H3,(H,29,36)(H,30,33)/t18-,19+,21+,22-,23+,25+,27-,28-/m0/s1. The van der Waals surface area contributed by atoms with Crippen LogP contribution in [-0.4, -0.2) is 83.7 Å². The quantitative estimate of drug-likeness (QED) is 0.490. The van der Waals surface area contributed by atoms with Gasteiger partial charge in [0.1, 0.15) is 5.76 Å². The number of nitrogens with one attached hydrogen (secondary N) is 2. The van der Waals surface area contributed by atoms with E-state index in [9.17, 15) is 19.5 Å². The SMILES string of the molecule is CC(=O)N[C@H]1CCN(C(=O)C[C@@H]2[C@H](O)CC[C@@H]3[C@]4(C)CO[C@@H](CNC(=O)c5cc(C)on5)O[C@@H]4CC[C@]32C)C1. The summed E-state index contributed by atoms with van der Waals surface area (Å²) < 4.78 is 17.5. The van der Waals surface area contributed by atoms with Gasteiger partial charge in [0.15, 0.2) is 12.0 Å². The summed E-state index contributed by atoms with van der Waals surface area (Å²) in [4.78, 5) is 39.0. The van der Waals surface area contributed by atoms with Gasteiger partial charge in [-0.1, -0.05) is 19.0 Å². The molecule has 2 aliphatic heterocycles. The van der Waals surface area contributed by atoms with E-state index in [4.69, 9.17) is 14.0 Å². The number of carbonyl (C=O) groups is 3. The van der Waals surface area contributed by atoms with E-state index < -0.39 is 12.4 Å². The number of hydrogen-bond acceptors (Lipinski definition) is 8. The molecule has 4 aliphatic rings. The zero-order chi connectivity index (χ0) is 27.9. The molecule has 216 valence electrons. The number of aliphatic hydroxyl groups excluding tert-OH is 1. The molecule has 8 atom stereocenters. The third-order valence-corrected chi connectivity index (χ3v) is 9.86. The fourth-order valence-electron chi connectivity index (χ4n) is 7.84. The zero-order valence-corrected chi connectivity index (χ0v) is 23.4. The Labute approximate surface area is 229 Å². The predicted octanol–water partition coefficient (Wildman–Crippen LogP) is 1.77. The van der Waals surface area contributed by atoms with Crippen LogP contribution in [0.3, 0.4) is 0 Å². The Morgan fingerprint density at radius 3 is 2.69 bits per heavy atom. The van der Waals surface area contributed by atoms with Crippen molar-refractivity contribution in [1.29, 1.82) is 0 Å². The number of ether oxygens (including phenoxy) is 2. The van der Waals surface area contributed by atoms with Gasteiger partial charge in [-0.05, 0) is 56.3 Å². The van der Waals surface area contributed by atoms with E-state index in [1.54, 1.807) is 13.0 Å². The van der Waals surface area contributed by atoms with E-state index in [1.807, 2.05) is 4.90 Å². The molecule has 3 N–H and O–H groups in total. The van der Waals surface area contributed by atoms with E-state index in [1.165, 1.54) is 6.92 Å². The van der Waals surface area contributed by atoms with Gasteiger partial charge in [0.2, 0.25) is 11.8 Å². The topological polar surface area (TPSA) is 143 Å². The zero-order valence-electron chi connectivity index (χ0n) is 23.4. The number of aliphatic hydroxyl groups is 1. The summed E-state index contributed by atoms with van der Waals surface area (Å²) >= 11 is 0. The molecule has 0 spiro atoms. The Morgan fingerprint density at radius 2 is 1.97 bits per heavy atom. The lowest BCUT2D eigenvalue weighted by Crippen LogP contribution is -2.63. The number of aromatic nitrogens is 1. The minimum Gasteiger partial charge on any atom is -0.393 e. The Hall–Kier alpha value is -2.50. The first kappa shape index (κ1) is 28.0. The number of aryl methyl sites for hydroxylation is 1. The van der Waals surface area contributed by atoms with Crippen LogP contribution in [0.25, 0.3) is 0 Å². The van der Waals surface area contributed by atoms with Gasteiger partial charge in [-0.15, -0.1) is 0 Å². The summed E-state index contributed by atoms with van der Waals surface area (Å²) in [5.41, 5.74) is -0.265. The normalized spacial score (nSPS) is 38.0. The molecular formula is C28H42N4O7. The highest BCUT2D eigenvalue weighted by molar-refractivity contribution is 5.92. The Kier molecular flexibility index (Phi) is 7.78. The second-order valence-electron chi connectivity index (χ2n) is 12.5. The van der Waals surface area contributed by atoms with E-state index >= 15 is 0 Å². The van der Waals surface area contributed by atoms with E-state index in [0.29, 0.717) is 38.3 Å². The van der Waals surface area contributed by atoms with Crippen molar-refractivity contribution in [2.75, 3.05) is 26.2 Å². The van der Waals surface area contributed by atoms with Crippen molar-refractivity contribution < 1.29 is 33.5 Å². The van der Waals surface area contributed by atoms with Crippen molar-refractivity contribution in [2.45, 2.75) is 90.8 Å². The first-order valence-corrected chi connectivity index (χ1v) is 14.2. The number of carbonyl (C=O) groups excluding carboxylic acids is 3. The highest BCUT2D eigenvalue weighted by Gasteiger charge is 2.61. The molecule has 11 heteroatoms. The highest BCUT2D eigenvalue weighted by atomic mass is 16.7. The van der Waals surface area contributed by atoms with Crippen molar-refractivity contribution in [2.24, 2.45) is 22.7 Å². The molecule has 0 aromatic carbocycles. The molecule has 3 amide bonds. The number of nitrogens with zero attached hydrogens (tertiary/aromatic N) is 2. The number of likely N-dealkylation sites (tertiary alicyclic amines) is 1. The largest absolute Gasteiger partial charge is 0.393 e. The first-order chi connectivity index (χ1) is 18.5. The van der Waals surface area contributed by atoms with E-state index in [0.717, 1.165) is 25.7 Å². The minimum absolute atomic E-state index is 0.00486. The lowest BCUT2D eigenvalue weighted by atomic mass is 9.46. The van der Waals surface area contributed by atoms with Crippen LogP contribution in [0.15, 0.2) is 10.6 Å². The molecule has 1 aromatic heterocycles. The summed E-state index contributed by atoms with van der Waals surface area (Å²) in [6, 6.07) is 1.58. The van der Waals surface area contributed by atoms with Crippen LogP contribution in [0.2, 0.25) is 0 Å². The van der Waals surface area contributed by atoms with Gasteiger partial charge in [0.05, 0.1) is 25.4 Å².